The zero-order valence-electron chi connectivity index (χ0n) is 22.2. The van der Waals surface area contributed by atoms with Crippen molar-refractivity contribution >= 4 is 23.5 Å². The highest BCUT2D eigenvalue weighted by atomic mass is 35.5. The van der Waals surface area contributed by atoms with Crippen LogP contribution in [0.15, 0.2) is 30.3 Å². The summed E-state index contributed by atoms with van der Waals surface area (Å²) < 4.78 is 43.0. The summed E-state index contributed by atoms with van der Waals surface area (Å²) in [6.45, 7) is 10.2. The van der Waals surface area contributed by atoms with Crippen molar-refractivity contribution < 1.29 is 27.9 Å². The summed E-state index contributed by atoms with van der Waals surface area (Å²) >= 11 is 5.93. The minimum atomic E-state index is -1.22. The lowest BCUT2D eigenvalue weighted by Gasteiger charge is -2.31. The molecule has 0 unspecified atom stereocenters. The number of amides is 1. The van der Waals surface area contributed by atoms with Gasteiger partial charge in [-0.25, -0.2) is 13.2 Å². The molecule has 0 saturated carbocycles. The Labute approximate surface area is 226 Å². The first kappa shape index (κ1) is 29.9. The third-order valence-corrected chi connectivity index (χ3v) is 7.34. The quantitative estimate of drug-likeness (QED) is 0.420. The molecule has 38 heavy (non-hydrogen) atoms. The maximum Gasteiger partial charge on any atom is 0.321 e. The topological polar surface area (TPSA) is 81.7 Å². The fraction of sp³-hybridized carbons (Fsp3) is 0.500. The zero-order valence-corrected chi connectivity index (χ0v) is 23.0. The van der Waals surface area contributed by atoms with E-state index < -0.39 is 47.3 Å². The number of aliphatic carboxylic acids is 1. The van der Waals surface area contributed by atoms with Crippen molar-refractivity contribution in [3.05, 3.63) is 69.5 Å². The van der Waals surface area contributed by atoms with Crippen LogP contribution in [-0.2, 0) is 16.0 Å². The van der Waals surface area contributed by atoms with Crippen molar-refractivity contribution in [3.8, 4) is 0 Å². The maximum absolute atomic E-state index is 14.8. The van der Waals surface area contributed by atoms with E-state index in [9.17, 15) is 27.9 Å². The van der Waals surface area contributed by atoms with Gasteiger partial charge in [-0.15, -0.1) is 0 Å². The second-order valence-electron chi connectivity index (χ2n) is 11.0. The molecule has 1 aliphatic rings. The Morgan fingerprint density at radius 1 is 1.13 bits per heavy atom. The summed E-state index contributed by atoms with van der Waals surface area (Å²) in [7, 11) is 0. The Balaban J connectivity index is 1.68. The largest absolute Gasteiger partial charge is 0.480 e. The molecule has 1 fully saturated rings. The average Bonchev–Trinajstić information content (AvgIpc) is 3.27. The molecule has 0 aliphatic carbocycles. The Kier molecular flexibility index (Phi) is 9.49. The van der Waals surface area contributed by atoms with E-state index in [1.807, 2.05) is 20.8 Å². The number of rotatable bonds is 9. The number of hydrogen-bond acceptors (Lipinski definition) is 4. The van der Waals surface area contributed by atoms with Crippen molar-refractivity contribution in [3.63, 3.8) is 0 Å². The van der Waals surface area contributed by atoms with Gasteiger partial charge < -0.3 is 15.7 Å². The van der Waals surface area contributed by atoms with Crippen molar-refractivity contribution in [2.24, 2.45) is 5.92 Å². The summed E-state index contributed by atoms with van der Waals surface area (Å²) in [5.41, 5.74) is 0.273. The molecule has 3 N–H and O–H groups in total. The maximum atomic E-state index is 14.8. The van der Waals surface area contributed by atoms with E-state index in [1.165, 1.54) is 25.1 Å². The van der Waals surface area contributed by atoms with E-state index in [2.05, 4.69) is 15.5 Å². The van der Waals surface area contributed by atoms with Crippen LogP contribution in [0.1, 0.15) is 50.3 Å². The van der Waals surface area contributed by atoms with E-state index >= 15 is 0 Å². The minimum absolute atomic E-state index is 0.0502. The molecular formula is C28H35ClF3N3O3. The van der Waals surface area contributed by atoms with Crippen LogP contribution in [0.5, 0.6) is 0 Å². The van der Waals surface area contributed by atoms with E-state index in [4.69, 9.17) is 11.6 Å². The zero-order chi connectivity index (χ0) is 28.4. The predicted octanol–water partition coefficient (Wildman–Crippen LogP) is 4.67. The normalized spacial score (nSPS) is 19.8. The first-order valence-corrected chi connectivity index (χ1v) is 13.0. The van der Waals surface area contributed by atoms with E-state index in [0.29, 0.717) is 18.7 Å². The molecule has 3 rings (SSSR count). The van der Waals surface area contributed by atoms with Crippen LogP contribution in [-0.4, -0.2) is 59.1 Å². The molecule has 1 heterocycles. The number of aryl methyl sites for hydroxylation is 1. The molecule has 208 valence electrons. The summed E-state index contributed by atoms with van der Waals surface area (Å²) in [5.74, 6) is -4.95. The monoisotopic (exact) mass is 553 g/mol. The van der Waals surface area contributed by atoms with Crippen LogP contribution in [0.25, 0.3) is 0 Å². The van der Waals surface area contributed by atoms with E-state index in [1.54, 1.807) is 19.1 Å². The van der Waals surface area contributed by atoms with Gasteiger partial charge in [0.2, 0.25) is 5.91 Å². The lowest BCUT2D eigenvalue weighted by Crippen LogP contribution is -2.48. The molecule has 2 aromatic carbocycles. The highest BCUT2D eigenvalue weighted by Crippen LogP contribution is 2.38. The van der Waals surface area contributed by atoms with Crippen molar-refractivity contribution in [2.75, 3.05) is 19.6 Å². The number of carboxylic acids is 1. The second-order valence-corrected chi connectivity index (χ2v) is 11.5. The Bertz CT molecular complexity index is 1190. The van der Waals surface area contributed by atoms with Gasteiger partial charge in [-0.2, -0.15) is 0 Å². The van der Waals surface area contributed by atoms with Gasteiger partial charge in [0.1, 0.15) is 11.9 Å². The molecule has 6 nitrogen and oxygen atoms in total. The number of hydrogen-bond donors (Lipinski definition) is 3. The predicted molar refractivity (Wildman–Crippen MR) is 141 cm³/mol. The van der Waals surface area contributed by atoms with Crippen molar-refractivity contribution in [1.29, 1.82) is 0 Å². The van der Waals surface area contributed by atoms with Crippen LogP contribution in [0, 0.1) is 30.3 Å². The molecule has 1 amide bonds. The fourth-order valence-electron chi connectivity index (χ4n) is 4.76. The Morgan fingerprint density at radius 2 is 1.82 bits per heavy atom. The number of benzene rings is 2. The number of carbonyl (C=O) groups is 2. The van der Waals surface area contributed by atoms with Gasteiger partial charge >= 0.3 is 5.97 Å². The number of nitrogens with zero attached hydrogens (tertiary/aromatic N) is 1. The van der Waals surface area contributed by atoms with E-state index in [0.717, 1.165) is 0 Å². The highest BCUT2D eigenvalue weighted by Gasteiger charge is 2.43. The fourth-order valence-corrected chi connectivity index (χ4v) is 4.92. The smallest absolute Gasteiger partial charge is 0.321 e. The molecule has 0 bridgehead atoms. The SMILES string of the molecule is Cc1ccc(C[C@H](NC[C@H](C)NC(=O)[C@@H]2CN(C(C)(C)C)C[C@H]2c2ccc(Cl)cc2F)C(=O)O)c(F)c1F. The molecule has 1 saturated heterocycles. The van der Waals surface area contributed by atoms with Gasteiger partial charge in [0, 0.05) is 48.6 Å². The number of halogens is 4. The molecule has 0 radical (unpaired) electrons. The summed E-state index contributed by atoms with van der Waals surface area (Å²) in [6.07, 6.45) is -0.264. The summed E-state index contributed by atoms with van der Waals surface area (Å²) in [5, 5.41) is 15.6. The van der Waals surface area contributed by atoms with Gasteiger partial charge in [-0.3, -0.25) is 14.5 Å². The molecule has 1 aliphatic heterocycles. The standard InChI is InChI=1S/C28H35ClF3N3O3/c1-15-6-7-17(25(32)24(15)31)10-23(27(37)38)33-12-16(2)34-26(36)21-14-35(28(3,4)5)13-20(21)19-9-8-18(29)11-22(19)30/h6-9,11,16,20-21,23,33H,10,12-14H2,1-5H3,(H,34,36)(H,37,38)/t16-,20-,21+,23-/m0/s1. The lowest BCUT2D eigenvalue weighted by molar-refractivity contribution is -0.139. The Hall–Kier alpha value is -2.62. The van der Waals surface area contributed by atoms with Crippen LogP contribution in [0.4, 0.5) is 13.2 Å². The first-order chi connectivity index (χ1) is 17.7. The summed E-state index contributed by atoms with van der Waals surface area (Å²) in [4.78, 5) is 27.3. The van der Waals surface area contributed by atoms with Gasteiger partial charge in [0.05, 0.1) is 5.92 Å². The van der Waals surface area contributed by atoms with Gasteiger partial charge in [-0.05, 0) is 63.4 Å². The molecule has 10 heteroatoms. The molecule has 4 atom stereocenters. The first-order valence-electron chi connectivity index (χ1n) is 12.6. The number of nitrogens with one attached hydrogen (secondary N) is 2. The third-order valence-electron chi connectivity index (χ3n) is 7.10. The van der Waals surface area contributed by atoms with Crippen LogP contribution in [0.2, 0.25) is 5.02 Å². The summed E-state index contributed by atoms with van der Waals surface area (Å²) in [6, 6.07) is 5.56. The van der Waals surface area contributed by atoms with Gasteiger partial charge in [0.25, 0.3) is 0 Å². The molecule has 0 aromatic heterocycles. The van der Waals surface area contributed by atoms with Crippen LogP contribution in [0.3, 0.4) is 0 Å². The number of carbonyl (C=O) groups excluding carboxylic acids is 1. The van der Waals surface area contributed by atoms with Gasteiger partial charge in [0.15, 0.2) is 11.6 Å². The number of carboxylic acid groups (broad SMARTS) is 1. The second kappa shape index (κ2) is 12.1. The van der Waals surface area contributed by atoms with Crippen LogP contribution < -0.4 is 10.6 Å². The molecule has 2 aromatic rings. The highest BCUT2D eigenvalue weighted by molar-refractivity contribution is 6.30. The number of likely N-dealkylation sites (tertiary alicyclic amines) is 1. The minimum Gasteiger partial charge on any atom is -0.480 e. The van der Waals surface area contributed by atoms with Crippen molar-refractivity contribution in [2.45, 2.75) is 64.6 Å². The Morgan fingerprint density at radius 3 is 2.42 bits per heavy atom. The lowest BCUT2D eigenvalue weighted by atomic mass is 9.88. The average molecular weight is 554 g/mol. The van der Waals surface area contributed by atoms with Crippen LogP contribution >= 0.6 is 11.6 Å². The molecular weight excluding hydrogens is 519 g/mol. The third kappa shape index (κ3) is 7.07. The van der Waals surface area contributed by atoms with Gasteiger partial charge in [-0.1, -0.05) is 29.8 Å². The van der Waals surface area contributed by atoms with Crippen molar-refractivity contribution in [1.82, 2.24) is 15.5 Å². The molecule has 0 spiro atoms. The van der Waals surface area contributed by atoms with E-state index in [-0.39, 0.29) is 40.6 Å².